The Morgan fingerprint density at radius 3 is 2.47 bits per heavy atom. The topological polar surface area (TPSA) is 56.7 Å². The van der Waals surface area contributed by atoms with Crippen LogP contribution in [0.3, 0.4) is 0 Å². The van der Waals surface area contributed by atoms with Gasteiger partial charge in [-0.2, -0.15) is 0 Å². The Balaban J connectivity index is 2.15. The van der Waals surface area contributed by atoms with Crippen LogP contribution in [-0.4, -0.2) is 14.8 Å². The van der Waals surface area contributed by atoms with Crippen molar-refractivity contribution in [3.8, 4) is 0 Å². The van der Waals surface area contributed by atoms with E-state index in [4.69, 9.17) is 28.9 Å². The molecule has 0 bridgehead atoms. The summed E-state index contributed by atoms with van der Waals surface area (Å²) in [6.07, 6.45) is 0. The molecule has 0 radical (unpaired) electrons. The maximum absolute atomic E-state index is 6.08. The molecule has 4 nitrogen and oxygen atoms in total. The lowest BCUT2D eigenvalue weighted by molar-refractivity contribution is 0.796. The maximum atomic E-state index is 6.08. The summed E-state index contributed by atoms with van der Waals surface area (Å²) in [5.41, 5.74) is 6.48. The highest BCUT2D eigenvalue weighted by Crippen LogP contribution is 2.30. The molecule has 0 spiro atoms. The number of hydrogen-bond acceptors (Lipinski definition) is 4. The number of halogens is 2. The third-order valence-corrected chi connectivity index (χ3v) is 4.03. The number of aromatic nitrogens is 3. The zero-order valence-electron chi connectivity index (χ0n) is 9.02. The lowest BCUT2D eigenvalue weighted by Gasteiger charge is -2.06. The first-order chi connectivity index (χ1) is 8.09. The van der Waals surface area contributed by atoms with Crippen LogP contribution in [0, 0.1) is 0 Å². The SMILES string of the molecule is Cn1c(N)nnc1SCc1c(Cl)cccc1Cl. The van der Waals surface area contributed by atoms with Crippen LogP contribution in [0.1, 0.15) is 5.56 Å². The van der Waals surface area contributed by atoms with Crippen LogP contribution in [0.5, 0.6) is 0 Å². The summed E-state index contributed by atoms with van der Waals surface area (Å²) >= 11 is 13.6. The van der Waals surface area contributed by atoms with Gasteiger partial charge in [-0.05, 0) is 17.7 Å². The fourth-order valence-corrected chi connectivity index (χ4v) is 2.92. The van der Waals surface area contributed by atoms with E-state index in [1.807, 2.05) is 25.2 Å². The summed E-state index contributed by atoms with van der Waals surface area (Å²) in [5, 5.41) is 9.77. The van der Waals surface area contributed by atoms with Gasteiger partial charge in [0.15, 0.2) is 5.16 Å². The number of hydrogen-bond donors (Lipinski definition) is 1. The molecule has 2 N–H and O–H groups in total. The molecule has 1 aromatic heterocycles. The average molecular weight is 289 g/mol. The number of nitrogens with zero attached hydrogens (tertiary/aromatic N) is 3. The number of anilines is 1. The molecule has 0 atom stereocenters. The molecule has 7 heteroatoms. The van der Waals surface area contributed by atoms with Gasteiger partial charge in [-0.25, -0.2) is 0 Å². The maximum Gasteiger partial charge on any atom is 0.222 e. The molecule has 0 saturated carbocycles. The van der Waals surface area contributed by atoms with Gasteiger partial charge in [0, 0.05) is 22.8 Å². The van der Waals surface area contributed by atoms with Crippen molar-refractivity contribution in [2.75, 3.05) is 5.73 Å². The Morgan fingerprint density at radius 1 is 1.29 bits per heavy atom. The first-order valence-electron chi connectivity index (χ1n) is 4.80. The van der Waals surface area contributed by atoms with Crippen LogP contribution in [-0.2, 0) is 12.8 Å². The molecule has 0 aliphatic heterocycles. The second kappa shape index (κ2) is 5.16. The molecule has 0 amide bonds. The lowest BCUT2D eigenvalue weighted by Crippen LogP contribution is -1.98. The minimum Gasteiger partial charge on any atom is -0.368 e. The van der Waals surface area contributed by atoms with Crippen LogP contribution in [0.15, 0.2) is 23.4 Å². The standard InChI is InChI=1S/C10H10Cl2N4S/c1-16-9(13)14-15-10(16)17-5-6-7(11)3-2-4-8(6)12/h2-4H,5H2,1H3,(H2,13,14). The first kappa shape index (κ1) is 12.5. The summed E-state index contributed by atoms with van der Waals surface area (Å²) in [7, 11) is 1.81. The van der Waals surface area contributed by atoms with Crippen molar-refractivity contribution in [3.05, 3.63) is 33.8 Å². The second-order valence-corrected chi connectivity index (χ2v) is 5.15. The molecular formula is C10H10Cl2N4S. The normalized spacial score (nSPS) is 10.8. The van der Waals surface area contributed by atoms with Crippen LogP contribution < -0.4 is 5.73 Å². The van der Waals surface area contributed by atoms with E-state index in [1.54, 1.807) is 4.57 Å². The van der Waals surface area contributed by atoms with E-state index in [9.17, 15) is 0 Å². The van der Waals surface area contributed by atoms with Crippen molar-refractivity contribution < 1.29 is 0 Å². The van der Waals surface area contributed by atoms with E-state index >= 15 is 0 Å². The fraction of sp³-hybridized carbons (Fsp3) is 0.200. The fourth-order valence-electron chi connectivity index (χ4n) is 1.26. The van der Waals surface area contributed by atoms with E-state index in [0.717, 1.165) is 10.7 Å². The smallest absolute Gasteiger partial charge is 0.222 e. The van der Waals surface area contributed by atoms with Crippen molar-refractivity contribution in [1.29, 1.82) is 0 Å². The van der Waals surface area contributed by atoms with Crippen LogP contribution in [0.25, 0.3) is 0 Å². The van der Waals surface area contributed by atoms with Crippen molar-refractivity contribution in [3.63, 3.8) is 0 Å². The monoisotopic (exact) mass is 288 g/mol. The van der Waals surface area contributed by atoms with Gasteiger partial charge in [-0.1, -0.05) is 41.0 Å². The molecule has 0 saturated heterocycles. The van der Waals surface area contributed by atoms with Crippen molar-refractivity contribution in [2.45, 2.75) is 10.9 Å². The average Bonchev–Trinajstić information content (AvgIpc) is 2.60. The van der Waals surface area contributed by atoms with Crippen LogP contribution in [0.4, 0.5) is 5.95 Å². The Bertz CT molecular complexity index is 521. The summed E-state index contributed by atoms with van der Waals surface area (Å²) in [4.78, 5) is 0. The Hall–Kier alpha value is -0.910. The highest BCUT2D eigenvalue weighted by molar-refractivity contribution is 7.98. The number of thioether (sulfide) groups is 1. The summed E-state index contributed by atoms with van der Waals surface area (Å²) in [6, 6.07) is 5.45. The first-order valence-corrected chi connectivity index (χ1v) is 6.54. The van der Waals surface area contributed by atoms with Crippen molar-refractivity contribution in [2.24, 2.45) is 7.05 Å². The minimum atomic E-state index is 0.387. The number of benzene rings is 1. The molecule has 90 valence electrons. The zero-order valence-corrected chi connectivity index (χ0v) is 11.4. The quantitative estimate of drug-likeness (QED) is 0.882. The van der Waals surface area contributed by atoms with Crippen molar-refractivity contribution >= 4 is 40.9 Å². The van der Waals surface area contributed by atoms with Gasteiger partial charge in [0.1, 0.15) is 0 Å². The van der Waals surface area contributed by atoms with Gasteiger partial charge < -0.3 is 5.73 Å². The highest BCUT2D eigenvalue weighted by Gasteiger charge is 2.10. The molecular weight excluding hydrogens is 279 g/mol. The molecule has 0 fully saturated rings. The van der Waals surface area contributed by atoms with E-state index in [-0.39, 0.29) is 0 Å². The van der Waals surface area contributed by atoms with Crippen molar-refractivity contribution in [1.82, 2.24) is 14.8 Å². The lowest BCUT2D eigenvalue weighted by atomic mass is 10.2. The van der Waals surface area contributed by atoms with Gasteiger partial charge in [0.2, 0.25) is 5.95 Å². The van der Waals surface area contributed by atoms with Gasteiger partial charge in [0.05, 0.1) is 0 Å². The van der Waals surface area contributed by atoms with Gasteiger partial charge in [-0.3, -0.25) is 4.57 Å². The van der Waals surface area contributed by atoms with Gasteiger partial charge in [0.25, 0.3) is 0 Å². The molecule has 0 unspecified atom stereocenters. The summed E-state index contributed by atoms with van der Waals surface area (Å²) in [6.45, 7) is 0. The molecule has 1 heterocycles. The molecule has 2 aromatic rings. The van der Waals surface area contributed by atoms with Gasteiger partial charge >= 0.3 is 0 Å². The molecule has 2 rings (SSSR count). The minimum absolute atomic E-state index is 0.387. The van der Waals surface area contributed by atoms with E-state index in [1.165, 1.54) is 11.8 Å². The highest BCUT2D eigenvalue weighted by atomic mass is 35.5. The predicted octanol–water partition coefficient (Wildman–Crippen LogP) is 3.00. The largest absolute Gasteiger partial charge is 0.368 e. The number of nitrogen functional groups attached to an aromatic ring is 1. The Morgan fingerprint density at radius 2 is 1.94 bits per heavy atom. The van der Waals surface area contributed by atoms with E-state index in [0.29, 0.717) is 21.7 Å². The Kier molecular flexibility index (Phi) is 3.81. The summed E-state index contributed by atoms with van der Waals surface area (Å²) < 4.78 is 1.72. The van der Waals surface area contributed by atoms with Crippen LogP contribution in [0.2, 0.25) is 10.0 Å². The molecule has 1 aromatic carbocycles. The van der Waals surface area contributed by atoms with Gasteiger partial charge in [-0.15, -0.1) is 10.2 Å². The van der Waals surface area contributed by atoms with Crippen LogP contribution >= 0.6 is 35.0 Å². The zero-order chi connectivity index (χ0) is 12.4. The predicted molar refractivity (Wildman–Crippen MR) is 71.4 cm³/mol. The summed E-state index contributed by atoms with van der Waals surface area (Å²) in [5.74, 6) is 1.02. The Labute approximate surface area is 113 Å². The number of rotatable bonds is 3. The second-order valence-electron chi connectivity index (χ2n) is 3.39. The third kappa shape index (κ3) is 2.68. The molecule has 17 heavy (non-hydrogen) atoms. The van der Waals surface area contributed by atoms with E-state index < -0.39 is 0 Å². The number of nitrogens with two attached hydrogens (primary N) is 1. The molecule has 0 aliphatic carbocycles. The third-order valence-electron chi connectivity index (χ3n) is 2.28. The molecule has 0 aliphatic rings. The van der Waals surface area contributed by atoms with E-state index in [2.05, 4.69) is 10.2 Å².